The van der Waals surface area contributed by atoms with E-state index in [0.717, 1.165) is 13.8 Å². The van der Waals surface area contributed by atoms with Crippen LogP contribution in [-0.2, 0) is 0 Å². The molecule has 0 heterocycles. The van der Waals surface area contributed by atoms with E-state index in [0.29, 0.717) is 0 Å². The summed E-state index contributed by atoms with van der Waals surface area (Å²) in [4.78, 5) is 0. The van der Waals surface area contributed by atoms with E-state index < -0.39 is 53.0 Å². The first kappa shape index (κ1) is 16.8. The Morgan fingerprint density at radius 2 is 1.24 bits per heavy atom. The van der Waals surface area contributed by atoms with E-state index in [1.54, 1.807) is 0 Å². The molecule has 2 rings (SSSR count). The van der Waals surface area contributed by atoms with E-state index in [4.69, 9.17) is 0 Å². The maximum Gasteiger partial charge on any atom is 0.420 e. The van der Waals surface area contributed by atoms with Crippen molar-refractivity contribution in [3.8, 4) is 0 Å². The third kappa shape index (κ3) is 1.51. The van der Waals surface area contributed by atoms with E-state index in [9.17, 15) is 40.2 Å². The topological polar surface area (TPSA) is 20.2 Å². The van der Waals surface area contributed by atoms with Gasteiger partial charge in [-0.25, -0.2) is 22.0 Å². The van der Waals surface area contributed by atoms with Gasteiger partial charge in [0.15, 0.2) is 5.60 Å². The Morgan fingerprint density at radius 1 is 0.857 bits per heavy atom. The molecule has 0 spiro atoms. The predicted molar refractivity (Wildman–Crippen MR) is 55.7 cm³/mol. The van der Waals surface area contributed by atoms with Crippen LogP contribution < -0.4 is 0 Å². The highest BCUT2D eigenvalue weighted by Crippen LogP contribution is 2.74. The van der Waals surface area contributed by atoms with Crippen molar-refractivity contribution in [2.24, 2.45) is 23.7 Å². The molecule has 6 unspecified atom stereocenters. The second-order valence-electron chi connectivity index (χ2n) is 6.25. The molecule has 2 bridgehead atoms. The van der Waals surface area contributed by atoms with Gasteiger partial charge in [0.25, 0.3) is 11.8 Å². The summed E-state index contributed by atoms with van der Waals surface area (Å²) in [6.07, 6.45) is -5.81. The van der Waals surface area contributed by atoms with Gasteiger partial charge in [-0.3, -0.25) is 0 Å². The smallest absolute Gasteiger partial charge is 0.378 e. The van der Waals surface area contributed by atoms with Crippen LogP contribution in [0.1, 0.15) is 20.8 Å². The second kappa shape index (κ2) is 3.83. The van der Waals surface area contributed by atoms with Crippen LogP contribution in [0.2, 0.25) is 0 Å². The molecule has 2 fully saturated rings. The molecular formula is C12H14F8O. The Bertz CT molecular complexity index is 457. The molecule has 9 heteroatoms. The van der Waals surface area contributed by atoms with Gasteiger partial charge in [-0.05, 0) is 18.8 Å². The number of fused-ring (bicyclic) bond motifs is 2. The standard InChI is InChI=1S/C12H14F8O/c1-4-5(2)7-9(13,14)6(4)10(15,11(7,16)17)8(3,21)12(18,19)20/h4-7,21H,1-3H3. The molecule has 6 atom stereocenters. The third-order valence-corrected chi connectivity index (χ3v) is 5.27. The summed E-state index contributed by atoms with van der Waals surface area (Å²) in [6, 6.07) is 0. The minimum atomic E-state index is -5.81. The Hall–Kier alpha value is -0.600. The van der Waals surface area contributed by atoms with Crippen molar-refractivity contribution in [3.05, 3.63) is 0 Å². The number of hydrogen-bond donors (Lipinski definition) is 1. The van der Waals surface area contributed by atoms with Crippen LogP contribution >= 0.6 is 0 Å². The fourth-order valence-corrected chi connectivity index (χ4v) is 3.97. The largest absolute Gasteiger partial charge is 0.420 e. The molecule has 0 saturated heterocycles. The lowest BCUT2D eigenvalue weighted by Crippen LogP contribution is -2.70. The first-order valence-electron chi connectivity index (χ1n) is 6.29. The van der Waals surface area contributed by atoms with E-state index >= 15 is 0 Å². The quantitative estimate of drug-likeness (QED) is 0.727. The van der Waals surface area contributed by atoms with Gasteiger partial charge in [0, 0.05) is 0 Å². The summed E-state index contributed by atoms with van der Waals surface area (Å²) in [7, 11) is 0. The van der Waals surface area contributed by atoms with E-state index in [-0.39, 0.29) is 6.92 Å². The molecule has 0 aromatic rings. The van der Waals surface area contributed by atoms with Gasteiger partial charge >= 0.3 is 6.18 Å². The first-order chi connectivity index (χ1) is 9.06. The van der Waals surface area contributed by atoms with Crippen LogP contribution in [0, 0.1) is 23.7 Å². The summed E-state index contributed by atoms with van der Waals surface area (Å²) < 4.78 is 109. The van der Waals surface area contributed by atoms with Crippen LogP contribution in [0.4, 0.5) is 35.1 Å². The zero-order valence-electron chi connectivity index (χ0n) is 11.3. The molecule has 21 heavy (non-hydrogen) atoms. The van der Waals surface area contributed by atoms with Crippen molar-refractivity contribution in [3.63, 3.8) is 0 Å². The van der Waals surface area contributed by atoms with Crippen molar-refractivity contribution in [2.45, 2.75) is 50.1 Å². The van der Waals surface area contributed by atoms with Gasteiger partial charge in [0.1, 0.15) is 0 Å². The predicted octanol–water partition coefficient (Wildman–Crippen LogP) is 3.81. The van der Waals surface area contributed by atoms with Crippen molar-refractivity contribution in [1.82, 2.24) is 0 Å². The zero-order valence-corrected chi connectivity index (χ0v) is 11.3. The molecule has 2 aliphatic carbocycles. The summed E-state index contributed by atoms with van der Waals surface area (Å²) in [5, 5.41) is 9.39. The van der Waals surface area contributed by atoms with Crippen LogP contribution in [0.5, 0.6) is 0 Å². The highest BCUT2D eigenvalue weighted by atomic mass is 19.4. The van der Waals surface area contributed by atoms with Crippen molar-refractivity contribution in [1.29, 1.82) is 0 Å². The van der Waals surface area contributed by atoms with Crippen molar-refractivity contribution >= 4 is 0 Å². The maximum atomic E-state index is 14.8. The van der Waals surface area contributed by atoms with Crippen LogP contribution in [0.15, 0.2) is 0 Å². The number of halogens is 8. The Balaban J connectivity index is 2.71. The molecule has 2 aliphatic rings. The summed E-state index contributed by atoms with van der Waals surface area (Å²) >= 11 is 0. The lowest BCUT2D eigenvalue weighted by Gasteiger charge is -2.48. The Labute approximate surface area is 115 Å². The van der Waals surface area contributed by atoms with Crippen LogP contribution in [0.3, 0.4) is 0 Å². The van der Waals surface area contributed by atoms with Crippen LogP contribution in [-0.4, -0.2) is 34.4 Å². The Morgan fingerprint density at radius 3 is 1.57 bits per heavy atom. The molecule has 0 radical (unpaired) electrons. The molecule has 2 saturated carbocycles. The summed E-state index contributed by atoms with van der Waals surface area (Å²) in [5.74, 6) is -17.9. The minimum Gasteiger partial charge on any atom is -0.378 e. The molecule has 1 nitrogen and oxygen atoms in total. The molecule has 0 aliphatic heterocycles. The molecule has 124 valence electrons. The molecule has 0 aromatic carbocycles. The molecule has 1 N–H and O–H groups in total. The van der Waals surface area contributed by atoms with Crippen molar-refractivity contribution < 1.29 is 40.2 Å². The lowest BCUT2D eigenvalue weighted by molar-refractivity contribution is -0.350. The molecule has 0 amide bonds. The van der Waals surface area contributed by atoms with Gasteiger partial charge in [-0.2, -0.15) is 13.2 Å². The van der Waals surface area contributed by atoms with E-state index in [1.807, 2.05) is 0 Å². The number of aliphatic hydroxyl groups is 1. The average Bonchev–Trinajstić information content (AvgIpc) is 2.48. The Kier molecular flexibility index (Phi) is 3.06. The monoisotopic (exact) mass is 326 g/mol. The second-order valence-corrected chi connectivity index (χ2v) is 6.25. The van der Waals surface area contributed by atoms with Crippen LogP contribution in [0.25, 0.3) is 0 Å². The van der Waals surface area contributed by atoms with Crippen molar-refractivity contribution in [2.75, 3.05) is 0 Å². The molecule has 0 aromatic heterocycles. The fourth-order valence-electron chi connectivity index (χ4n) is 3.97. The van der Waals surface area contributed by atoms with Gasteiger partial charge < -0.3 is 5.11 Å². The summed E-state index contributed by atoms with van der Waals surface area (Å²) in [5.41, 5.74) is -9.36. The minimum absolute atomic E-state index is 0.213. The van der Waals surface area contributed by atoms with Gasteiger partial charge in [0.2, 0.25) is 5.67 Å². The lowest BCUT2D eigenvalue weighted by atomic mass is 9.65. The first-order valence-corrected chi connectivity index (χ1v) is 6.29. The van der Waals surface area contributed by atoms with Gasteiger partial charge in [-0.15, -0.1) is 0 Å². The van der Waals surface area contributed by atoms with E-state index in [2.05, 4.69) is 0 Å². The number of rotatable bonds is 1. The maximum absolute atomic E-state index is 14.8. The molecular weight excluding hydrogens is 312 g/mol. The number of hydrogen-bond acceptors (Lipinski definition) is 1. The van der Waals surface area contributed by atoms with E-state index in [1.165, 1.54) is 0 Å². The normalized spacial score (nSPS) is 47.4. The fraction of sp³-hybridized carbons (Fsp3) is 1.00. The highest BCUT2D eigenvalue weighted by Gasteiger charge is 2.93. The SMILES string of the molecule is CC1C(C)C2C(F)(F)C1C(F)(F)C2(F)C(C)(O)C(F)(F)F. The third-order valence-electron chi connectivity index (χ3n) is 5.27. The highest BCUT2D eigenvalue weighted by molar-refractivity contribution is 5.29. The van der Waals surface area contributed by atoms with Gasteiger partial charge in [0.05, 0.1) is 11.8 Å². The average molecular weight is 326 g/mol. The zero-order chi connectivity index (χ0) is 16.8. The number of alkyl halides is 8. The summed E-state index contributed by atoms with van der Waals surface area (Å²) in [6.45, 7) is 1.81. The van der Waals surface area contributed by atoms with Gasteiger partial charge in [-0.1, -0.05) is 13.8 Å².